The Hall–Kier alpha value is -0.130. The number of nitrogens with one attached hydrogen (secondary N) is 1. The van der Waals surface area contributed by atoms with E-state index >= 15 is 0 Å². The summed E-state index contributed by atoms with van der Waals surface area (Å²) in [7, 11) is -3.20. The van der Waals surface area contributed by atoms with Gasteiger partial charge in [0.1, 0.15) is 0 Å². The zero-order valence-electron chi connectivity index (χ0n) is 10.2. The summed E-state index contributed by atoms with van der Waals surface area (Å²) in [4.78, 5) is 0. The zero-order chi connectivity index (χ0) is 12.1. The van der Waals surface area contributed by atoms with Gasteiger partial charge in [-0.1, -0.05) is 27.7 Å². The van der Waals surface area contributed by atoms with E-state index in [1.807, 2.05) is 27.7 Å². The lowest BCUT2D eigenvalue weighted by Crippen LogP contribution is -2.53. The van der Waals surface area contributed by atoms with Gasteiger partial charge in [0.05, 0.1) is 5.75 Å². The predicted molar refractivity (Wildman–Crippen MR) is 64.1 cm³/mol. The van der Waals surface area contributed by atoms with Crippen molar-refractivity contribution >= 4 is 10.0 Å². The first-order valence-electron chi connectivity index (χ1n) is 5.52. The topological polar surface area (TPSA) is 72.2 Å². The van der Waals surface area contributed by atoms with Crippen molar-refractivity contribution in [2.45, 2.75) is 46.1 Å². The molecule has 0 aliphatic heterocycles. The monoisotopic (exact) mass is 236 g/mol. The summed E-state index contributed by atoms with van der Waals surface area (Å²) < 4.78 is 26.3. The smallest absolute Gasteiger partial charge is 0.212 e. The number of rotatable bonds is 7. The number of sulfonamides is 1. The van der Waals surface area contributed by atoms with Gasteiger partial charge in [0, 0.05) is 12.1 Å². The van der Waals surface area contributed by atoms with Gasteiger partial charge in [-0.25, -0.2) is 13.1 Å². The molecule has 0 bridgehead atoms. The van der Waals surface area contributed by atoms with E-state index in [-0.39, 0.29) is 11.7 Å². The van der Waals surface area contributed by atoms with Crippen molar-refractivity contribution in [3.05, 3.63) is 0 Å². The maximum Gasteiger partial charge on any atom is 0.212 e. The maximum absolute atomic E-state index is 11.8. The third-order valence-corrected chi connectivity index (χ3v) is 4.52. The molecule has 0 heterocycles. The van der Waals surface area contributed by atoms with Gasteiger partial charge in [-0.3, -0.25) is 0 Å². The first kappa shape index (κ1) is 14.9. The van der Waals surface area contributed by atoms with E-state index in [0.717, 1.165) is 12.8 Å². The van der Waals surface area contributed by atoms with Crippen LogP contribution in [0.4, 0.5) is 0 Å². The molecule has 0 radical (unpaired) electrons. The van der Waals surface area contributed by atoms with Crippen molar-refractivity contribution in [1.82, 2.24) is 4.72 Å². The lowest BCUT2D eigenvalue weighted by molar-refractivity contribution is 0.362. The highest BCUT2D eigenvalue weighted by molar-refractivity contribution is 7.89. The van der Waals surface area contributed by atoms with Gasteiger partial charge in [0.2, 0.25) is 10.0 Å². The van der Waals surface area contributed by atoms with Crippen LogP contribution in [0.25, 0.3) is 0 Å². The predicted octanol–water partition coefficient (Wildman–Crippen LogP) is 1.08. The molecule has 0 rings (SSSR count). The van der Waals surface area contributed by atoms with Gasteiger partial charge < -0.3 is 5.73 Å². The van der Waals surface area contributed by atoms with Crippen LogP contribution in [0.3, 0.4) is 0 Å². The molecule has 15 heavy (non-hydrogen) atoms. The van der Waals surface area contributed by atoms with Crippen LogP contribution in [-0.4, -0.2) is 26.3 Å². The van der Waals surface area contributed by atoms with Gasteiger partial charge in [-0.2, -0.15) is 0 Å². The van der Waals surface area contributed by atoms with E-state index in [2.05, 4.69) is 4.72 Å². The normalized spacial score (nSPS) is 13.5. The lowest BCUT2D eigenvalue weighted by Gasteiger charge is -2.31. The van der Waals surface area contributed by atoms with Crippen LogP contribution in [-0.2, 0) is 10.0 Å². The third-order valence-electron chi connectivity index (χ3n) is 2.67. The van der Waals surface area contributed by atoms with E-state index in [1.165, 1.54) is 0 Å². The Morgan fingerprint density at radius 3 is 2.00 bits per heavy atom. The fraction of sp³-hybridized carbons (Fsp3) is 1.00. The Balaban J connectivity index is 4.67. The van der Waals surface area contributed by atoms with Crippen molar-refractivity contribution < 1.29 is 8.42 Å². The van der Waals surface area contributed by atoms with Gasteiger partial charge in [-0.05, 0) is 18.8 Å². The van der Waals surface area contributed by atoms with Crippen LogP contribution >= 0.6 is 0 Å². The zero-order valence-corrected chi connectivity index (χ0v) is 11.0. The molecule has 3 N–H and O–H groups in total. The molecule has 92 valence electrons. The maximum atomic E-state index is 11.8. The minimum atomic E-state index is -3.20. The minimum Gasteiger partial charge on any atom is -0.329 e. The average molecular weight is 236 g/mol. The number of hydrogen-bond acceptors (Lipinski definition) is 3. The first-order valence-corrected chi connectivity index (χ1v) is 7.17. The van der Waals surface area contributed by atoms with Crippen molar-refractivity contribution in [2.24, 2.45) is 11.7 Å². The number of hydrogen-bond donors (Lipinski definition) is 2. The third kappa shape index (κ3) is 4.95. The summed E-state index contributed by atoms with van der Waals surface area (Å²) in [5.41, 5.74) is 5.18. The summed E-state index contributed by atoms with van der Waals surface area (Å²) >= 11 is 0. The quantitative estimate of drug-likeness (QED) is 0.695. The molecule has 0 aromatic rings. The highest BCUT2D eigenvalue weighted by Gasteiger charge is 2.29. The van der Waals surface area contributed by atoms with Crippen LogP contribution in [0.5, 0.6) is 0 Å². The molecule has 4 nitrogen and oxygen atoms in total. The molecule has 0 aliphatic rings. The molecule has 0 saturated carbocycles. The highest BCUT2D eigenvalue weighted by atomic mass is 32.2. The molecule has 0 aliphatic carbocycles. The molecular formula is C10H24N2O2S. The Kier molecular flexibility index (Phi) is 5.77. The molecule has 0 atom stereocenters. The fourth-order valence-electron chi connectivity index (χ4n) is 1.54. The first-order chi connectivity index (χ1) is 6.81. The second-order valence-corrected chi connectivity index (χ2v) is 6.24. The van der Waals surface area contributed by atoms with Crippen LogP contribution in [0.15, 0.2) is 0 Å². The number of nitrogens with two attached hydrogens (primary N) is 1. The van der Waals surface area contributed by atoms with E-state index in [4.69, 9.17) is 5.73 Å². The fourth-order valence-corrected chi connectivity index (χ4v) is 3.53. The average Bonchev–Trinajstić information content (AvgIpc) is 2.12. The molecule has 0 amide bonds. The summed E-state index contributed by atoms with van der Waals surface area (Å²) in [5.74, 6) is 0.293. The second-order valence-electron chi connectivity index (χ2n) is 4.47. The molecule has 5 heteroatoms. The lowest BCUT2D eigenvalue weighted by atomic mass is 9.95. The van der Waals surface area contributed by atoms with E-state index in [9.17, 15) is 8.42 Å². The van der Waals surface area contributed by atoms with Crippen LogP contribution < -0.4 is 10.5 Å². The molecule has 0 unspecified atom stereocenters. The Morgan fingerprint density at radius 2 is 1.73 bits per heavy atom. The Morgan fingerprint density at radius 1 is 1.27 bits per heavy atom. The van der Waals surface area contributed by atoms with E-state index in [0.29, 0.717) is 6.54 Å². The largest absolute Gasteiger partial charge is 0.329 e. The summed E-state index contributed by atoms with van der Waals surface area (Å²) in [6.45, 7) is 8.03. The SMILES string of the molecule is CCC(CC)(CN)NS(=O)(=O)CC(C)C. The summed E-state index contributed by atoms with van der Waals surface area (Å²) in [6.07, 6.45) is 1.44. The van der Waals surface area contributed by atoms with Crippen LogP contribution in [0.2, 0.25) is 0 Å². The van der Waals surface area contributed by atoms with Gasteiger partial charge >= 0.3 is 0 Å². The highest BCUT2D eigenvalue weighted by Crippen LogP contribution is 2.15. The molecule has 0 saturated heterocycles. The van der Waals surface area contributed by atoms with E-state index in [1.54, 1.807) is 0 Å². The van der Waals surface area contributed by atoms with Crippen molar-refractivity contribution in [3.8, 4) is 0 Å². The van der Waals surface area contributed by atoms with Gasteiger partial charge in [0.25, 0.3) is 0 Å². The molecular weight excluding hydrogens is 212 g/mol. The van der Waals surface area contributed by atoms with Crippen molar-refractivity contribution in [1.29, 1.82) is 0 Å². The summed E-state index contributed by atoms with van der Waals surface area (Å²) in [6, 6.07) is 0. The van der Waals surface area contributed by atoms with Crippen molar-refractivity contribution in [2.75, 3.05) is 12.3 Å². The molecule has 0 aromatic carbocycles. The minimum absolute atomic E-state index is 0.131. The standard InChI is InChI=1S/C10H24N2O2S/c1-5-10(6-2,8-11)12-15(13,14)7-9(3)4/h9,12H,5-8,11H2,1-4H3. The molecule has 0 spiro atoms. The van der Waals surface area contributed by atoms with Crippen LogP contribution in [0, 0.1) is 5.92 Å². The van der Waals surface area contributed by atoms with E-state index < -0.39 is 15.6 Å². The molecule has 0 fully saturated rings. The molecule has 0 aromatic heterocycles. The Labute approximate surface area is 93.7 Å². The van der Waals surface area contributed by atoms with Gasteiger partial charge in [-0.15, -0.1) is 0 Å². The van der Waals surface area contributed by atoms with Gasteiger partial charge in [0.15, 0.2) is 0 Å². The van der Waals surface area contributed by atoms with Crippen molar-refractivity contribution in [3.63, 3.8) is 0 Å². The van der Waals surface area contributed by atoms with Crippen LogP contribution in [0.1, 0.15) is 40.5 Å². The Bertz CT molecular complexity index is 261. The summed E-state index contributed by atoms with van der Waals surface area (Å²) in [5, 5.41) is 0. The second kappa shape index (κ2) is 5.82.